The zero-order chi connectivity index (χ0) is 21.8. The lowest BCUT2D eigenvalue weighted by molar-refractivity contribution is 0.0992. The average molecular weight is 463 g/mol. The predicted octanol–water partition coefficient (Wildman–Crippen LogP) is 5.94. The summed E-state index contributed by atoms with van der Waals surface area (Å²) in [5.41, 5.74) is 4.45. The van der Waals surface area contributed by atoms with Crippen LogP contribution in [-0.2, 0) is 17.8 Å². The predicted molar refractivity (Wildman–Crippen MR) is 127 cm³/mol. The molecule has 0 saturated heterocycles. The fourth-order valence-corrected chi connectivity index (χ4v) is 5.05. The lowest BCUT2D eigenvalue weighted by atomic mass is 9.96. The molecule has 0 aliphatic heterocycles. The Balaban J connectivity index is 2.21. The first-order valence-electron chi connectivity index (χ1n) is 9.37. The Morgan fingerprint density at radius 2 is 1.70 bits per heavy atom. The molecule has 1 heterocycles. The second-order valence-electron chi connectivity index (χ2n) is 7.06. The van der Waals surface area contributed by atoms with E-state index in [9.17, 15) is 9.00 Å². The number of nitrogens with zero attached hydrogens (tertiary/aromatic N) is 1. The molecule has 1 aromatic heterocycles. The highest BCUT2D eigenvalue weighted by molar-refractivity contribution is 7.80. The van der Waals surface area contributed by atoms with Gasteiger partial charge in [-0.2, -0.15) is 0 Å². The number of ketones is 1. The van der Waals surface area contributed by atoms with E-state index in [1.165, 1.54) is 11.3 Å². The van der Waals surface area contributed by atoms with Gasteiger partial charge in [-0.1, -0.05) is 42.8 Å². The van der Waals surface area contributed by atoms with Crippen molar-refractivity contribution in [2.45, 2.75) is 19.9 Å². The summed E-state index contributed by atoms with van der Waals surface area (Å²) in [4.78, 5) is 16.7. The SMILES string of the molecule is CCC(=O)c1sc(-c2ccc(Cl)cc2)c(CN(C)C)c1-c1ccc(NS(=O)O)cc1. The molecule has 2 aromatic carbocycles. The van der Waals surface area contributed by atoms with Crippen LogP contribution in [0.5, 0.6) is 0 Å². The number of rotatable bonds is 8. The Morgan fingerprint density at radius 1 is 1.10 bits per heavy atom. The van der Waals surface area contributed by atoms with Crippen molar-refractivity contribution >= 4 is 45.7 Å². The lowest BCUT2D eigenvalue weighted by Crippen LogP contribution is -2.12. The zero-order valence-corrected chi connectivity index (χ0v) is 19.3. The smallest absolute Gasteiger partial charge is 0.259 e. The Morgan fingerprint density at radius 3 is 2.23 bits per heavy atom. The first-order chi connectivity index (χ1) is 14.3. The van der Waals surface area contributed by atoms with Crippen LogP contribution in [0.15, 0.2) is 48.5 Å². The molecule has 0 spiro atoms. The number of thiophene rings is 1. The van der Waals surface area contributed by atoms with E-state index in [4.69, 9.17) is 16.2 Å². The lowest BCUT2D eigenvalue weighted by Gasteiger charge is -2.15. The van der Waals surface area contributed by atoms with Crippen LogP contribution < -0.4 is 4.72 Å². The van der Waals surface area contributed by atoms with Gasteiger partial charge in [-0.05, 0) is 55.1 Å². The third kappa shape index (κ3) is 5.17. The Labute approximate surface area is 188 Å². The Hall–Kier alpha value is -2.03. The van der Waals surface area contributed by atoms with Crippen molar-refractivity contribution in [3.05, 3.63) is 64.0 Å². The molecule has 0 radical (unpaired) electrons. The van der Waals surface area contributed by atoms with E-state index in [1.54, 1.807) is 12.1 Å². The zero-order valence-electron chi connectivity index (χ0n) is 16.9. The van der Waals surface area contributed by atoms with Crippen molar-refractivity contribution in [3.63, 3.8) is 0 Å². The van der Waals surface area contributed by atoms with E-state index in [0.29, 0.717) is 23.7 Å². The van der Waals surface area contributed by atoms with Crippen molar-refractivity contribution in [1.82, 2.24) is 4.90 Å². The summed E-state index contributed by atoms with van der Waals surface area (Å²) in [6, 6.07) is 14.9. The largest absolute Gasteiger partial charge is 0.305 e. The fourth-order valence-electron chi connectivity index (χ4n) is 3.23. The number of Topliss-reactive ketones (excluding diaryl/α,β-unsaturated/α-hetero) is 1. The van der Waals surface area contributed by atoms with Gasteiger partial charge in [0, 0.05) is 34.1 Å². The Bertz CT molecular complexity index is 1060. The molecule has 1 atom stereocenters. The van der Waals surface area contributed by atoms with E-state index < -0.39 is 11.3 Å². The van der Waals surface area contributed by atoms with Gasteiger partial charge >= 0.3 is 0 Å². The minimum Gasteiger partial charge on any atom is -0.305 e. The molecule has 0 aliphatic carbocycles. The van der Waals surface area contributed by atoms with Crippen LogP contribution in [0.3, 0.4) is 0 Å². The van der Waals surface area contributed by atoms with Crippen LogP contribution in [0.1, 0.15) is 28.6 Å². The standard InChI is InChI=1S/C22H23ClN2O3S2/c1-4-19(26)22-20(14-7-11-17(12-8-14)24-30(27)28)18(13-25(2)3)21(29-22)15-5-9-16(23)10-6-15/h5-12,24H,4,13H2,1-3H3,(H,27,28). The Kier molecular flexibility index (Phi) is 7.44. The monoisotopic (exact) mass is 462 g/mol. The third-order valence-corrected chi connectivity index (χ3v) is 6.53. The first kappa shape index (κ1) is 22.7. The van der Waals surface area contributed by atoms with Crippen molar-refractivity contribution < 1.29 is 13.6 Å². The van der Waals surface area contributed by atoms with Gasteiger partial charge < -0.3 is 4.90 Å². The molecule has 30 heavy (non-hydrogen) atoms. The molecule has 3 aromatic rings. The van der Waals surface area contributed by atoms with Crippen molar-refractivity contribution in [2.75, 3.05) is 18.8 Å². The van der Waals surface area contributed by atoms with Gasteiger partial charge in [-0.3, -0.25) is 14.1 Å². The van der Waals surface area contributed by atoms with E-state index >= 15 is 0 Å². The van der Waals surface area contributed by atoms with Crippen LogP contribution in [0, 0.1) is 0 Å². The topological polar surface area (TPSA) is 69.6 Å². The minimum atomic E-state index is -2.14. The number of carbonyl (C=O) groups is 1. The third-order valence-electron chi connectivity index (χ3n) is 4.54. The van der Waals surface area contributed by atoms with Crippen LogP contribution in [0.25, 0.3) is 21.6 Å². The van der Waals surface area contributed by atoms with E-state index in [0.717, 1.165) is 32.0 Å². The maximum Gasteiger partial charge on any atom is 0.259 e. The summed E-state index contributed by atoms with van der Waals surface area (Å²) in [6.45, 7) is 2.53. The summed E-state index contributed by atoms with van der Waals surface area (Å²) >= 11 is 5.45. The molecule has 0 fully saturated rings. The highest BCUT2D eigenvalue weighted by Crippen LogP contribution is 2.44. The van der Waals surface area contributed by atoms with Gasteiger partial charge in [0.25, 0.3) is 11.3 Å². The molecule has 0 bridgehead atoms. The number of halogens is 1. The van der Waals surface area contributed by atoms with E-state index in [2.05, 4.69) is 9.62 Å². The number of hydrogen-bond acceptors (Lipinski definition) is 4. The molecule has 0 amide bonds. The second kappa shape index (κ2) is 9.85. The van der Waals surface area contributed by atoms with Crippen LogP contribution in [0.2, 0.25) is 5.02 Å². The van der Waals surface area contributed by atoms with Gasteiger partial charge in [-0.15, -0.1) is 11.3 Å². The van der Waals surface area contributed by atoms with Crippen molar-refractivity contribution in [2.24, 2.45) is 0 Å². The number of benzene rings is 2. The molecule has 8 heteroatoms. The van der Waals surface area contributed by atoms with Gasteiger partial charge in [0.2, 0.25) is 0 Å². The second-order valence-corrected chi connectivity index (χ2v) is 9.22. The minimum absolute atomic E-state index is 0.0916. The summed E-state index contributed by atoms with van der Waals surface area (Å²) in [5.74, 6) is 0.0916. The normalized spacial score (nSPS) is 12.2. The first-order valence-corrected chi connectivity index (χ1v) is 11.7. The van der Waals surface area contributed by atoms with Crippen molar-refractivity contribution in [1.29, 1.82) is 0 Å². The number of carbonyl (C=O) groups excluding carboxylic acids is 1. The quantitative estimate of drug-likeness (QED) is 0.321. The molecular formula is C22H23ClN2O3S2. The summed E-state index contributed by atoms with van der Waals surface area (Å²) < 4.78 is 22.5. The van der Waals surface area contributed by atoms with E-state index in [-0.39, 0.29) is 5.78 Å². The van der Waals surface area contributed by atoms with Crippen LogP contribution >= 0.6 is 22.9 Å². The van der Waals surface area contributed by atoms with Gasteiger partial charge in [-0.25, -0.2) is 4.21 Å². The molecule has 5 nitrogen and oxygen atoms in total. The molecule has 3 rings (SSSR count). The molecule has 0 aliphatic rings. The molecule has 2 N–H and O–H groups in total. The van der Waals surface area contributed by atoms with Crippen LogP contribution in [0.4, 0.5) is 5.69 Å². The maximum atomic E-state index is 12.8. The van der Waals surface area contributed by atoms with Gasteiger partial charge in [0.15, 0.2) is 5.78 Å². The molecule has 1 unspecified atom stereocenters. The molecular weight excluding hydrogens is 440 g/mol. The number of anilines is 1. The van der Waals surface area contributed by atoms with Gasteiger partial charge in [0.1, 0.15) is 0 Å². The van der Waals surface area contributed by atoms with Gasteiger partial charge in [0.05, 0.1) is 4.88 Å². The van der Waals surface area contributed by atoms with Crippen LogP contribution in [-0.4, -0.2) is 33.5 Å². The average Bonchev–Trinajstić information content (AvgIpc) is 3.06. The number of nitrogens with one attached hydrogen (secondary N) is 1. The highest BCUT2D eigenvalue weighted by Gasteiger charge is 2.24. The summed E-state index contributed by atoms with van der Waals surface area (Å²) in [5, 5.41) is 0.666. The highest BCUT2D eigenvalue weighted by atomic mass is 35.5. The van der Waals surface area contributed by atoms with E-state index in [1.807, 2.05) is 57.4 Å². The fraction of sp³-hybridized carbons (Fsp3) is 0.227. The number of hydrogen-bond donors (Lipinski definition) is 2. The molecule has 0 saturated carbocycles. The summed E-state index contributed by atoms with van der Waals surface area (Å²) in [7, 11) is 4.00. The van der Waals surface area contributed by atoms with Crippen molar-refractivity contribution in [3.8, 4) is 21.6 Å². The maximum absolute atomic E-state index is 12.8. The molecule has 158 valence electrons. The summed E-state index contributed by atoms with van der Waals surface area (Å²) in [6.07, 6.45) is 0.415.